The van der Waals surface area contributed by atoms with Gasteiger partial charge in [-0.3, -0.25) is 4.79 Å². The molecular formula is C3H4F3NO3S. The Hall–Kier alpha value is -0.630. The molecule has 0 aromatic rings. The van der Waals surface area contributed by atoms with Gasteiger partial charge in [0.05, 0.1) is 0 Å². The first kappa shape index (κ1) is 10.4. The summed E-state index contributed by atoms with van der Waals surface area (Å²) < 4.78 is 55.3. The van der Waals surface area contributed by atoms with Gasteiger partial charge in [-0.1, -0.05) is 0 Å². The molecule has 0 heterocycles. The minimum absolute atomic E-state index is 0.136. The molecule has 0 saturated carbocycles. The lowest BCUT2D eigenvalue weighted by Gasteiger charge is -2.09. The molecule has 0 amide bonds. The molecule has 8 heteroatoms. The van der Waals surface area contributed by atoms with Gasteiger partial charge in [0.25, 0.3) is 0 Å². The third-order valence-corrected chi connectivity index (χ3v) is 2.01. The molecule has 11 heavy (non-hydrogen) atoms. The Morgan fingerprint density at radius 2 is 1.82 bits per heavy atom. The number of nitrogens with one attached hydrogen (secondary N) is 1. The lowest BCUT2D eigenvalue weighted by Crippen LogP contribution is -2.41. The van der Waals surface area contributed by atoms with Crippen molar-refractivity contribution in [2.24, 2.45) is 0 Å². The molecule has 1 N–H and O–H groups in total. The number of ketones is 1. The van der Waals surface area contributed by atoms with Gasteiger partial charge in [0.15, 0.2) is 0 Å². The van der Waals surface area contributed by atoms with Gasteiger partial charge in [0.2, 0.25) is 5.78 Å². The number of Topliss-reactive ketones (excluding diaryl/α,β-unsaturated/α-hetero) is 1. The molecule has 0 aliphatic rings. The van der Waals surface area contributed by atoms with Crippen molar-refractivity contribution in [1.82, 2.24) is 4.94 Å². The maximum Gasteiger partial charge on any atom is 0.417 e. The normalized spacial score (nSPS) is 13.1. The molecule has 0 radical (unpaired) electrons. The van der Waals surface area contributed by atoms with Gasteiger partial charge in [-0.2, -0.15) is 8.78 Å². The van der Waals surface area contributed by atoms with E-state index in [4.69, 9.17) is 0 Å². The van der Waals surface area contributed by atoms with E-state index in [0.29, 0.717) is 6.92 Å². The third kappa shape index (κ3) is 1.69. The van der Waals surface area contributed by atoms with E-state index in [-0.39, 0.29) is 4.94 Å². The maximum atomic E-state index is 12.1. The quantitative estimate of drug-likeness (QED) is 0.637. The molecular weight excluding hydrogens is 187 g/mol. The minimum Gasteiger partial charge on any atom is -0.292 e. The number of carbonyl (C=O) groups excluding carboxylic acids is 1. The van der Waals surface area contributed by atoms with Crippen molar-refractivity contribution < 1.29 is 26.5 Å². The zero-order valence-corrected chi connectivity index (χ0v) is 6.08. The van der Waals surface area contributed by atoms with E-state index < -0.39 is 21.1 Å². The van der Waals surface area contributed by atoms with Crippen LogP contribution in [0.3, 0.4) is 0 Å². The summed E-state index contributed by atoms with van der Waals surface area (Å²) in [6.07, 6.45) is 0. The number of hydrogen-bond donors (Lipinski definition) is 1. The minimum atomic E-state index is -5.50. The number of rotatable bonds is 3. The van der Waals surface area contributed by atoms with Crippen LogP contribution in [0.15, 0.2) is 0 Å². The van der Waals surface area contributed by atoms with Crippen LogP contribution in [-0.2, 0) is 14.8 Å². The predicted molar refractivity (Wildman–Crippen MR) is 28.8 cm³/mol. The molecule has 0 aliphatic carbocycles. The number of sulfonamides is 1. The average molecular weight is 191 g/mol. The van der Waals surface area contributed by atoms with Crippen LogP contribution >= 0.6 is 0 Å². The Morgan fingerprint density at radius 3 is 1.91 bits per heavy atom. The molecule has 0 fully saturated rings. The first-order valence-electron chi connectivity index (χ1n) is 2.26. The molecule has 4 nitrogen and oxygen atoms in total. The fourth-order valence-corrected chi connectivity index (χ4v) is 0.713. The summed E-state index contributed by atoms with van der Waals surface area (Å²) in [4.78, 5) is 9.80. The Balaban J connectivity index is 5.01. The van der Waals surface area contributed by atoms with E-state index in [1.54, 1.807) is 0 Å². The second-order valence-corrected chi connectivity index (χ2v) is 3.33. The van der Waals surface area contributed by atoms with E-state index in [1.165, 1.54) is 0 Å². The number of carbonyl (C=O) groups is 1. The van der Waals surface area contributed by atoms with Gasteiger partial charge in [0.1, 0.15) is 0 Å². The summed E-state index contributed by atoms with van der Waals surface area (Å²) in [6.45, 7) is 0.342. The van der Waals surface area contributed by atoms with Crippen molar-refractivity contribution in [3.63, 3.8) is 0 Å². The number of hydrogen-bond acceptors (Lipinski definition) is 3. The fourth-order valence-electron chi connectivity index (χ4n) is 0.238. The molecule has 0 rings (SSSR count). The van der Waals surface area contributed by atoms with E-state index in [1.807, 2.05) is 0 Å². The Morgan fingerprint density at radius 1 is 1.45 bits per heavy atom. The van der Waals surface area contributed by atoms with Crippen LogP contribution in [0.1, 0.15) is 6.92 Å². The molecule has 0 atom stereocenters. The second kappa shape index (κ2) is 2.78. The van der Waals surface area contributed by atoms with E-state index in [2.05, 4.69) is 0 Å². The summed E-state index contributed by atoms with van der Waals surface area (Å²) in [7, 11) is -5.50. The zero-order valence-electron chi connectivity index (χ0n) is 5.27. The smallest absolute Gasteiger partial charge is 0.292 e. The summed E-state index contributed by atoms with van der Waals surface area (Å²) in [5.74, 6) is -1.94. The standard InChI is InChI=1S/C3H4F3NO3S/c1-2(8)3(4,5)11(9,10)7-6/h7H,1H3. The highest BCUT2D eigenvalue weighted by molar-refractivity contribution is 7.91. The van der Waals surface area contributed by atoms with Crippen LogP contribution in [0.25, 0.3) is 0 Å². The number of halogens is 3. The van der Waals surface area contributed by atoms with Crippen molar-refractivity contribution in [3.8, 4) is 0 Å². The molecule has 0 aromatic heterocycles. The molecule has 0 aromatic carbocycles. The lowest BCUT2D eigenvalue weighted by atomic mass is 10.5. The topological polar surface area (TPSA) is 63.2 Å². The van der Waals surface area contributed by atoms with E-state index in [9.17, 15) is 26.5 Å². The second-order valence-electron chi connectivity index (χ2n) is 1.65. The van der Waals surface area contributed by atoms with E-state index >= 15 is 0 Å². The molecule has 0 saturated heterocycles. The fraction of sp³-hybridized carbons (Fsp3) is 0.667. The van der Waals surface area contributed by atoms with Gasteiger partial charge in [-0.25, -0.2) is 8.42 Å². The van der Waals surface area contributed by atoms with Crippen molar-refractivity contribution in [2.45, 2.75) is 12.2 Å². The summed E-state index contributed by atoms with van der Waals surface area (Å²) in [5, 5.41) is -4.71. The van der Waals surface area contributed by atoms with Crippen LogP contribution in [0.2, 0.25) is 0 Å². The first-order chi connectivity index (χ1) is 4.75. The largest absolute Gasteiger partial charge is 0.417 e. The van der Waals surface area contributed by atoms with Crippen LogP contribution in [0.5, 0.6) is 0 Å². The van der Waals surface area contributed by atoms with Gasteiger partial charge in [-0.15, -0.1) is 4.48 Å². The van der Waals surface area contributed by atoms with Crippen LogP contribution in [0, 0.1) is 0 Å². The van der Waals surface area contributed by atoms with Crippen molar-refractivity contribution >= 4 is 15.8 Å². The summed E-state index contributed by atoms with van der Waals surface area (Å²) in [5.41, 5.74) is 0. The highest BCUT2D eigenvalue weighted by Gasteiger charge is 2.50. The Kier molecular flexibility index (Phi) is 2.62. The predicted octanol–water partition coefficient (Wildman–Crippen LogP) is -0.0279. The first-order valence-corrected chi connectivity index (χ1v) is 3.75. The van der Waals surface area contributed by atoms with Crippen molar-refractivity contribution in [3.05, 3.63) is 0 Å². The molecule has 0 bridgehead atoms. The maximum absolute atomic E-state index is 12.1. The van der Waals surface area contributed by atoms with Crippen molar-refractivity contribution in [2.75, 3.05) is 0 Å². The molecule has 0 unspecified atom stereocenters. The average Bonchev–Trinajstić information content (AvgIpc) is 1.87. The highest BCUT2D eigenvalue weighted by Crippen LogP contribution is 2.21. The van der Waals surface area contributed by atoms with Gasteiger partial charge >= 0.3 is 15.3 Å². The van der Waals surface area contributed by atoms with Gasteiger partial charge in [0, 0.05) is 6.92 Å². The zero-order chi connectivity index (χ0) is 9.28. The van der Waals surface area contributed by atoms with Gasteiger partial charge in [-0.05, 0) is 4.94 Å². The number of alkyl halides is 2. The van der Waals surface area contributed by atoms with Crippen LogP contribution in [0.4, 0.5) is 13.3 Å². The van der Waals surface area contributed by atoms with Crippen molar-refractivity contribution in [1.29, 1.82) is 0 Å². The Labute approximate surface area is 60.4 Å². The van der Waals surface area contributed by atoms with Gasteiger partial charge < -0.3 is 0 Å². The highest BCUT2D eigenvalue weighted by atomic mass is 32.2. The van der Waals surface area contributed by atoms with Crippen LogP contribution < -0.4 is 4.94 Å². The summed E-state index contributed by atoms with van der Waals surface area (Å²) >= 11 is 0. The van der Waals surface area contributed by atoms with Crippen LogP contribution in [-0.4, -0.2) is 19.5 Å². The third-order valence-electron chi connectivity index (χ3n) is 0.849. The van der Waals surface area contributed by atoms with E-state index in [0.717, 1.165) is 0 Å². The molecule has 66 valence electrons. The molecule has 0 aliphatic heterocycles. The Bertz CT molecular complexity index is 259. The monoisotopic (exact) mass is 191 g/mol. The lowest BCUT2D eigenvalue weighted by molar-refractivity contribution is -0.131. The SMILES string of the molecule is CC(=O)C(F)(F)S(=O)(=O)NF. The molecule has 0 spiro atoms. The summed E-state index contributed by atoms with van der Waals surface area (Å²) in [6, 6.07) is 0.